The molecule has 1 unspecified atom stereocenters. The van der Waals surface area contributed by atoms with Crippen molar-refractivity contribution in [2.45, 2.75) is 18.8 Å². The average molecular weight is 520 g/mol. The molecule has 2 amide bonds. The minimum Gasteiger partial charge on any atom is -0.326 e. The summed E-state index contributed by atoms with van der Waals surface area (Å²) in [7, 11) is 0. The first kappa shape index (κ1) is 24.8. The minimum absolute atomic E-state index is 0.0543. The van der Waals surface area contributed by atoms with Crippen molar-refractivity contribution in [1.29, 1.82) is 0 Å². The lowest BCUT2D eigenvalue weighted by molar-refractivity contribution is -0.134. The third-order valence-electron chi connectivity index (χ3n) is 5.24. The number of aliphatic imine (C=N–C) groups is 1. The molecule has 0 saturated heterocycles. The molecule has 1 aliphatic rings. The average Bonchev–Trinajstić information content (AvgIpc) is 2.92. The van der Waals surface area contributed by atoms with Gasteiger partial charge in [0.15, 0.2) is 0 Å². The van der Waals surface area contributed by atoms with Crippen molar-refractivity contribution in [3.05, 3.63) is 99.5 Å². The van der Waals surface area contributed by atoms with Gasteiger partial charge in [-0.2, -0.15) is 13.2 Å². The van der Waals surface area contributed by atoms with E-state index in [1.165, 1.54) is 18.2 Å². The van der Waals surface area contributed by atoms with Gasteiger partial charge in [-0.3, -0.25) is 14.5 Å². The van der Waals surface area contributed by atoms with E-state index in [4.69, 9.17) is 23.2 Å². The van der Waals surface area contributed by atoms with Crippen LogP contribution in [0.5, 0.6) is 0 Å². The molecule has 0 aliphatic carbocycles. The fourth-order valence-corrected chi connectivity index (χ4v) is 4.05. The Morgan fingerprint density at radius 1 is 0.971 bits per heavy atom. The van der Waals surface area contributed by atoms with Gasteiger partial charge in [-0.1, -0.05) is 77.8 Å². The van der Waals surface area contributed by atoms with Gasteiger partial charge in [0, 0.05) is 11.1 Å². The van der Waals surface area contributed by atoms with E-state index < -0.39 is 30.7 Å². The fraction of sp³-hybridized carbons (Fsp3) is 0.160. The van der Waals surface area contributed by atoms with Crippen LogP contribution in [0.2, 0.25) is 10.0 Å². The molecule has 1 heterocycles. The summed E-state index contributed by atoms with van der Waals surface area (Å²) in [5.74, 6) is -1.61. The van der Waals surface area contributed by atoms with Crippen LogP contribution in [0.15, 0.2) is 77.8 Å². The predicted molar refractivity (Wildman–Crippen MR) is 129 cm³/mol. The number of nitrogens with zero attached hydrogens (tertiary/aromatic N) is 2. The van der Waals surface area contributed by atoms with Gasteiger partial charge in [-0.05, 0) is 23.8 Å². The Kier molecular flexibility index (Phi) is 7.14. The summed E-state index contributed by atoms with van der Waals surface area (Å²) in [5.41, 5.74) is 1.79. The number of fused-ring (bicyclic) bond motifs is 1. The van der Waals surface area contributed by atoms with E-state index in [0.29, 0.717) is 32.3 Å². The molecule has 1 atom stereocenters. The van der Waals surface area contributed by atoms with Crippen molar-refractivity contribution in [3.63, 3.8) is 0 Å². The van der Waals surface area contributed by atoms with Gasteiger partial charge in [0.25, 0.3) is 5.91 Å². The van der Waals surface area contributed by atoms with E-state index in [0.717, 1.165) is 0 Å². The number of anilines is 1. The zero-order chi connectivity index (χ0) is 25.2. The Bertz CT molecular complexity index is 1300. The number of nitrogens with one attached hydrogen (secondary N) is 1. The normalized spacial score (nSPS) is 15.8. The standard InChI is InChI=1S/C25H18Cl2F3N3O2/c26-18-11-10-15(12-19(18)27)13-21(34)31-23-24(35)33(14-25(28,29)30)20-9-5-4-8-17(20)22(32-23)16-6-2-1-3-7-16/h1-12,23H,13-14H2,(H,31,34). The molecular weight excluding hydrogens is 502 g/mol. The van der Waals surface area contributed by atoms with Gasteiger partial charge < -0.3 is 5.32 Å². The second-order valence-electron chi connectivity index (χ2n) is 7.80. The van der Waals surface area contributed by atoms with Crippen molar-refractivity contribution in [3.8, 4) is 0 Å². The summed E-state index contributed by atoms with van der Waals surface area (Å²) in [6.45, 7) is -1.53. The molecule has 0 bridgehead atoms. The zero-order valence-corrected chi connectivity index (χ0v) is 19.5. The maximum absolute atomic E-state index is 13.5. The number of benzene rings is 3. The van der Waals surface area contributed by atoms with Gasteiger partial charge in [-0.15, -0.1) is 0 Å². The molecule has 0 radical (unpaired) electrons. The molecule has 0 spiro atoms. The highest BCUT2D eigenvalue weighted by Gasteiger charge is 2.39. The van der Waals surface area contributed by atoms with Gasteiger partial charge >= 0.3 is 6.18 Å². The Morgan fingerprint density at radius 2 is 1.66 bits per heavy atom. The topological polar surface area (TPSA) is 61.8 Å². The second-order valence-corrected chi connectivity index (χ2v) is 8.61. The molecule has 0 saturated carbocycles. The van der Waals surface area contributed by atoms with Crippen LogP contribution >= 0.6 is 23.2 Å². The second kappa shape index (κ2) is 10.1. The van der Waals surface area contributed by atoms with Gasteiger partial charge in [-0.25, -0.2) is 4.99 Å². The van der Waals surface area contributed by atoms with Crippen LogP contribution in [-0.2, 0) is 16.0 Å². The molecule has 1 N–H and O–H groups in total. The van der Waals surface area contributed by atoms with Crippen LogP contribution in [0.4, 0.5) is 18.9 Å². The summed E-state index contributed by atoms with van der Waals surface area (Å²) in [4.78, 5) is 31.2. The first-order valence-electron chi connectivity index (χ1n) is 10.5. The number of para-hydroxylation sites is 1. The SMILES string of the molecule is O=C(Cc1ccc(Cl)c(Cl)c1)NC1N=C(c2ccccc2)c2ccccc2N(CC(F)(F)F)C1=O. The summed E-state index contributed by atoms with van der Waals surface area (Å²) in [5, 5.41) is 3.04. The molecular formula is C25H18Cl2F3N3O2. The Labute approximate surface area is 209 Å². The molecule has 10 heteroatoms. The number of hydrogen-bond donors (Lipinski definition) is 1. The van der Waals surface area contributed by atoms with E-state index in [2.05, 4.69) is 10.3 Å². The third-order valence-corrected chi connectivity index (χ3v) is 5.98. The number of alkyl halides is 3. The molecule has 3 aromatic carbocycles. The molecule has 4 rings (SSSR count). The van der Waals surface area contributed by atoms with E-state index in [1.807, 2.05) is 0 Å². The summed E-state index contributed by atoms with van der Waals surface area (Å²) in [6.07, 6.45) is -6.42. The maximum Gasteiger partial charge on any atom is 0.406 e. The van der Waals surface area contributed by atoms with Crippen molar-refractivity contribution < 1.29 is 22.8 Å². The fourth-order valence-electron chi connectivity index (χ4n) is 3.73. The van der Waals surface area contributed by atoms with Crippen LogP contribution in [0.25, 0.3) is 0 Å². The maximum atomic E-state index is 13.5. The van der Waals surface area contributed by atoms with Crippen molar-refractivity contribution >= 4 is 46.4 Å². The van der Waals surface area contributed by atoms with Gasteiger partial charge in [0.2, 0.25) is 12.1 Å². The predicted octanol–water partition coefficient (Wildman–Crippen LogP) is 5.42. The number of halogens is 5. The molecule has 0 aromatic heterocycles. The van der Waals surface area contributed by atoms with Crippen molar-refractivity contribution in [2.24, 2.45) is 4.99 Å². The van der Waals surface area contributed by atoms with E-state index >= 15 is 0 Å². The lowest BCUT2D eigenvalue weighted by Crippen LogP contribution is -2.50. The van der Waals surface area contributed by atoms with Crippen LogP contribution in [-0.4, -0.2) is 36.4 Å². The number of benzodiazepines with no additional fused rings is 1. The Hall–Kier alpha value is -3.36. The largest absolute Gasteiger partial charge is 0.406 e. The van der Waals surface area contributed by atoms with Crippen LogP contribution < -0.4 is 10.2 Å². The Balaban J connectivity index is 1.74. The molecule has 0 fully saturated rings. The van der Waals surface area contributed by atoms with Crippen molar-refractivity contribution in [2.75, 3.05) is 11.4 Å². The van der Waals surface area contributed by atoms with Gasteiger partial charge in [0.05, 0.1) is 27.9 Å². The number of amides is 2. The zero-order valence-electron chi connectivity index (χ0n) is 18.0. The van der Waals surface area contributed by atoms with Gasteiger partial charge in [0.1, 0.15) is 6.54 Å². The quantitative estimate of drug-likeness (QED) is 0.488. The lowest BCUT2D eigenvalue weighted by atomic mass is 10.0. The molecule has 180 valence electrons. The highest BCUT2D eigenvalue weighted by Crippen LogP contribution is 2.31. The Morgan fingerprint density at radius 3 is 2.34 bits per heavy atom. The van der Waals surface area contributed by atoms with Crippen LogP contribution in [0, 0.1) is 0 Å². The molecule has 35 heavy (non-hydrogen) atoms. The summed E-state index contributed by atoms with van der Waals surface area (Å²) in [6, 6.07) is 19.6. The highest BCUT2D eigenvalue weighted by molar-refractivity contribution is 6.42. The van der Waals surface area contributed by atoms with Crippen LogP contribution in [0.1, 0.15) is 16.7 Å². The number of carbonyl (C=O) groups excluding carboxylic acids is 2. The summed E-state index contributed by atoms with van der Waals surface area (Å²) >= 11 is 11.9. The first-order valence-corrected chi connectivity index (χ1v) is 11.2. The van der Waals surface area contributed by atoms with E-state index in [9.17, 15) is 22.8 Å². The number of rotatable bonds is 5. The lowest BCUT2D eigenvalue weighted by Gasteiger charge is -2.26. The van der Waals surface area contributed by atoms with E-state index in [1.54, 1.807) is 54.6 Å². The van der Waals surface area contributed by atoms with Crippen LogP contribution in [0.3, 0.4) is 0 Å². The third kappa shape index (κ3) is 5.83. The molecule has 3 aromatic rings. The first-order chi connectivity index (χ1) is 16.6. The number of hydrogen-bond acceptors (Lipinski definition) is 3. The molecule has 5 nitrogen and oxygen atoms in total. The highest BCUT2D eigenvalue weighted by atomic mass is 35.5. The number of carbonyl (C=O) groups is 2. The van der Waals surface area contributed by atoms with Crippen molar-refractivity contribution in [1.82, 2.24) is 5.32 Å². The van der Waals surface area contributed by atoms with E-state index in [-0.39, 0.29) is 17.1 Å². The smallest absolute Gasteiger partial charge is 0.326 e. The minimum atomic E-state index is -4.67. The summed E-state index contributed by atoms with van der Waals surface area (Å²) < 4.78 is 40.4. The molecule has 1 aliphatic heterocycles. The monoisotopic (exact) mass is 519 g/mol.